The van der Waals surface area contributed by atoms with Crippen molar-refractivity contribution in [3.05, 3.63) is 24.0 Å². The number of hydrogen-bond donors (Lipinski definition) is 0. The lowest BCUT2D eigenvalue weighted by Crippen LogP contribution is -2.34. The van der Waals surface area contributed by atoms with Gasteiger partial charge in [-0.1, -0.05) is 27.2 Å². The summed E-state index contributed by atoms with van der Waals surface area (Å²) in [6.45, 7) is 6.79. The van der Waals surface area contributed by atoms with Gasteiger partial charge in [0.1, 0.15) is 16.7 Å². The summed E-state index contributed by atoms with van der Waals surface area (Å²) in [7, 11) is -3.52. The highest BCUT2D eigenvalue weighted by atomic mass is 32.2. The molecule has 6 heteroatoms. The van der Waals surface area contributed by atoms with Crippen LogP contribution in [-0.2, 0) is 10.0 Å². The molecule has 1 unspecified atom stereocenters. The van der Waals surface area contributed by atoms with E-state index in [1.807, 2.05) is 26.8 Å². The fourth-order valence-electron chi connectivity index (χ4n) is 1.62. The summed E-state index contributed by atoms with van der Waals surface area (Å²) in [4.78, 5) is 3.95. The zero-order chi connectivity index (χ0) is 14.5. The molecule has 1 rings (SSSR count). The Morgan fingerprint density at radius 2 is 2.11 bits per heavy atom. The van der Waals surface area contributed by atoms with Crippen molar-refractivity contribution in [1.82, 2.24) is 9.29 Å². The topological polar surface area (TPSA) is 74.1 Å². The van der Waals surface area contributed by atoms with Crippen molar-refractivity contribution in [3.8, 4) is 6.07 Å². The molecule has 0 fully saturated rings. The fourth-order valence-corrected chi connectivity index (χ4v) is 3.14. The van der Waals surface area contributed by atoms with Crippen LogP contribution >= 0.6 is 0 Å². The second kappa shape index (κ2) is 6.64. The molecule has 0 aliphatic rings. The molecule has 104 valence electrons. The van der Waals surface area contributed by atoms with E-state index in [1.54, 1.807) is 0 Å². The number of pyridine rings is 1. The van der Waals surface area contributed by atoms with Gasteiger partial charge in [0.15, 0.2) is 0 Å². The summed E-state index contributed by atoms with van der Waals surface area (Å²) in [6, 6.07) is 4.72. The zero-order valence-corrected chi connectivity index (χ0v) is 12.3. The molecule has 0 radical (unpaired) electrons. The van der Waals surface area contributed by atoms with E-state index in [9.17, 15) is 8.42 Å². The van der Waals surface area contributed by atoms with E-state index in [1.165, 1.54) is 22.6 Å². The second-order valence-electron chi connectivity index (χ2n) is 4.46. The van der Waals surface area contributed by atoms with E-state index >= 15 is 0 Å². The van der Waals surface area contributed by atoms with Crippen molar-refractivity contribution < 1.29 is 8.42 Å². The van der Waals surface area contributed by atoms with E-state index in [2.05, 4.69) is 4.98 Å². The third kappa shape index (κ3) is 3.75. The minimum absolute atomic E-state index is 0.136. The Morgan fingerprint density at radius 3 is 2.53 bits per heavy atom. The van der Waals surface area contributed by atoms with Gasteiger partial charge >= 0.3 is 0 Å². The first kappa shape index (κ1) is 15.6. The predicted octanol–water partition coefficient (Wildman–Crippen LogP) is 2.01. The maximum atomic E-state index is 12.4. The van der Waals surface area contributed by atoms with Gasteiger partial charge in [0.05, 0.1) is 0 Å². The van der Waals surface area contributed by atoms with Crippen molar-refractivity contribution in [2.45, 2.75) is 32.1 Å². The minimum atomic E-state index is -3.52. The molecule has 19 heavy (non-hydrogen) atoms. The van der Waals surface area contributed by atoms with Gasteiger partial charge in [0, 0.05) is 19.3 Å². The van der Waals surface area contributed by atoms with E-state index in [0.717, 1.165) is 6.42 Å². The average Bonchev–Trinajstić information content (AvgIpc) is 2.44. The third-order valence-corrected chi connectivity index (χ3v) is 4.98. The van der Waals surface area contributed by atoms with Crippen LogP contribution in [0.1, 0.15) is 32.9 Å². The summed E-state index contributed by atoms with van der Waals surface area (Å²) in [5.41, 5.74) is 0.212. The van der Waals surface area contributed by atoms with Crippen molar-refractivity contribution in [2.24, 2.45) is 5.92 Å². The maximum Gasteiger partial charge on any atom is 0.244 e. The number of nitriles is 1. The van der Waals surface area contributed by atoms with E-state index in [0.29, 0.717) is 19.0 Å². The van der Waals surface area contributed by atoms with Crippen LogP contribution in [0.5, 0.6) is 0 Å². The highest BCUT2D eigenvalue weighted by molar-refractivity contribution is 7.89. The number of hydrogen-bond acceptors (Lipinski definition) is 4. The molecule has 0 aliphatic carbocycles. The van der Waals surface area contributed by atoms with E-state index < -0.39 is 10.0 Å². The monoisotopic (exact) mass is 281 g/mol. The SMILES string of the molecule is CCC(C)CN(CC)S(=O)(=O)c1ccc(C#N)nc1. The molecular formula is C13H19N3O2S. The van der Waals surface area contributed by atoms with Gasteiger partial charge in [-0.2, -0.15) is 9.57 Å². The standard InChI is InChI=1S/C13H19N3O2S/c1-4-11(3)10-16(5-2)19(17,18)13-7-6-12(8-14)15-9-13/h6-7,9,11H,4-5,10H2,1-3H3. The molecule has 0 bridgehead atoms. The first-order valence-electron chi connectivity index (χ1n) is 6.32. The van der Waals surface area contributed by atoms with Crippen LogP contribution in [0.4, 0.5) is 0 Å². The Hall–Kier alpha value is -1.45. The molecule has 0 saturated heterocycles. The molecule has 1 aromatic rings. The predicted molar refractivity (Wildman–Crippen MR) is 72.8 cm³/mol. The van der Waals surface area contributed by atoms with Gasteiger partial charge in [-0.15, -0.1) is 0 Å². The summed E-state index contributed by atoms with van der Waals surface area (Å²) in [5.74, 6) is 0.307. The smallest absolute Gasteiger partial charge is 0.244 e. The first-order valence-corrected chi connectivity index (χ1v) is 7.76. The quantitative estimate of drug-likeness (QED) is 0.799. The Labute approximate surface area is 114 Å². The summed E-state index contributed by atoms with van der Waals surface area (Å²) in [6.07, 6.45) is 2.17. The molecule has 5 nitrogen and oxygen atoms in total. The summed E-state index contributed by atoms with van der Waals surface area (Å²) < 4.78 is 26.3. The first-order chi connectivity index (χ1) is 8.95. The lowest BCUT2D eigenvalue weighted by molar-refractivity contribution is 0.361. The van der Waals surface area contributed by atoms with Crippen molar-refractivity contribution in [2.75, 3.05) is 13.1 Å². The number of rotatable bonds is 6. The van der Waals surface area contributed by atoms with Gasteiger partial charge < -0.3 is 0 Å². The van der Waals surface area contributed by atoms with Crippen LogP contribution in [0, 0.1) is 17.2 Å². The molecule has 1 heterocycles. The Morgan fingerprint density at radius 1 is 1.42 bits per heavy atom. The fraction of sp³-hybridized carbons (Fsp3) is 0.538. The second-order valence-corrected chi connectivity index (χ2v) is 6.40. The average molecular weight is 281 g/mol. The lowest BCUT2D eigenvalue weighted by atomic mass is 10.1. The number of sulfonamides is 1. The lowest BCUT2D eigenvalue weighted by Gasteiger charge is -2.23. The number of aromatic nitrogens is 1. The normalized spacial score (nSPS) is 13.2. The van der Waals surface area contributed by atoms with Gasteiger partial charge in [-0.05, 0) is 18.1 Å². The van der Waals surface area contributed by atoms with E-state index in [-0.39, 0.29) is 10.6 Å². The highest BCUT2D eigenvalue weighted by Crippen LogP contribution is 2.17. The molecule has 1 aromatic heterocycles. The van der Waals surface area contributed by atoms with Crippen molar-refractivity contribution >= 4 is 10.0 Å². The van der Waals surface area contributed by atoms with Crippen molar-refractivity contribution in [3.63, 3.8) is 0 Å². The van der Waals surface area contributed by atoms with Crippen molar-refractivity contribution in [1.29, 1.82) is 5.26 Å². The van der Waals surface area contributed by atoms with Crippen LogP contribution < -0.4 is 0 Å². The molecule has 0 spiro atoms. The maximum absolute atomic E-state index is 12.4. The molecule has 0 saturated carbocycles. The molecule has 0 aliphatic heterocycles. The summed E-state index contributed by atoms with van der Waals surface area (Å²) >= 11 is 0. The van der Waals surface area contributed by atoms with Crippen LogP contribution in [0.2, 0.25) is 0 Å². The van der Waals surface area contributed by atoms with Crippen LogP contribution in [0.25, 0.3) is 0 Å². The third-order valence-electron chi connectivity index (χ3n) is 3.05. The largest absolute Gasteiger partial charge is 0.244 e. The minimum Gasteiger partial charge on any atom is -0.244 e. The Bertz CT molecular complexity index is 546. The Balaban J connectivity index is 3.03. The van der Waals surface area contributed by atoms with E-state index in [4.69, 9.17) is 5.26 Å². The van der Waals surface area contributed by atoms with Gasteiger partial charge in [-0.25, -0.2) is 13.4 Å². The summed E-state index contributed by atoms with van der Waals surface area (Å²) in [5, 5.41) is 8.67. The van der Waals surface area contributed by atoms with Crippen LogP contribution in [-0.4, -0.2) is 30.8 Å². The van der Waals surface area contributed by atoms with Gasteiger partial charge in [0.2, 0.25) is 10.0 Å². The number of nitrogens with zero attached hydrogens (tertiary/aromatic N) is 3. The molecular weight excluding hydrogens is 262 g/mol. The van der Waals surface area contributed by atoms with Crippen LogP contribution in [0.15, 0.2) is 23.2 Å². The van der Waals surface area contributed by atoms with Crippen LogP contribution in [0.3, 0.4) is 0 Å². The van der Waals surface area contributed by atoms with Gasteiger partial charge in [0.25, 0.3) is 0 Å². The highest BCUT2D eigenvalue weighted by Gasteiger charge is 2.24. The Kier molecular flexibility index (Phi) is 5.45. The molecule has 0 N–H and O–H groups in total. The zero-order valence-electron chi connectivity index (χ0n) is 11.5. The van der Waals surface area contributed by atoms with Gasteiger partial charge in [-0.3, -0.25) is 0 Å². The molecule has 0 amide bonds. The molecule has 0 aromatic carbocycles. The molecule has 1 atom stereocenters.